The Bertz CT molecular complexity index is 184. The first-order chi connectivity index (χ1) is 6.66. The van der Waals surface area contributed by atoms with Crippen LogP contribution in [0.4, 0.5) is 0 Å². The van der Waals surface area contributed by atoms with Crippen molar-refractivity contribution in [3.05, 3.63) is 6.54 Å². The number of likely N-dealkylation sites (tertiary alicyclic amines) is 1. The van der Waals surface area contributed by atoms with Crippen LogP contribution in [0.1, 0.15) is 39.5 Å². The minimum atomic E-state index is -0.325. The van der Waals surface area contributed by atoms with Crippen molar-refractivity contribution in [2.24, 2.45) is 11.7 Å². The van der Waals surface area contributed by atoms with Crippen molar-refractivity contribution in [1.29, 1.82) is 0 Å². The Morgan fingerprint density at radius 3 is 2.79 bits per heavy atom. The van der Waals surface area contributed by atoms with Gasteiger partial charge >= 0.3 is 0 Å². The average molecular weight is 197 g/mol. The first kappa shape index (κ1) is 11.5. The summed E-state index contributed by atoms with van der Waals surface area (Å²) in [7, 11) is 0. The second-order valence-electron chi connectivity index (χ2n) is 4.12. The third-order valence-corrected chi connectivity index (χ3v) is 3.03. The normalized spacial score (nSPS) is 21.8. The first-order valence-corrected chi connectivity index (χ1v) is 5.56. The van der Waals surface area contributed by atoms with E-state index in [1.807, 2.05) is 13.5 Å². The predicted molar refractivity (Wildman–Crippen MR) is 57.3 cm³/mol. The van der Waals surface area contributed by atoms with E-state index < -0.39 is 0 Å². The van der Waals surface area contributed by atoms with Gasteiger partial charge in [-0.1, -0.05) is 20.3 Å². The van der Waals surface area contributed by atoms with Crippen LogP contribution in [0.2, 0.25) is 0 Å². The Morgan fingerprint density at radius 2 is 2.29 bits per heavy atom. The Hall–Kier alpha value is -0.570. The van der Waals surface area contributed by atoms with Crippen LogP contribution < -0.4 is 5.73 Å². The van der Waals surface area contributed by atoms with E-state index in [9.17, 15) is 4.79 Å². The third kappa shape index (κ3) is 2.71. The number of nitrogens with zero attached hydrogens (tertiary/aromatic N) is 1. The summed E-state index contributed by atoms with van der Waals surface area (Å²) < 4.78 is 0. The molecule has 1 radical (unpaired) electrons. The van der Waals surface area contributed by atoms with E-state index in [2.05, 4.69) is 6.92 Å². The molecule has 0 unspecified atom stereocenters. The molecule has 1 aliphatic rings. The van der Waals surface area contributed by atoms with Gasteiger partial charge in [0.25, 0.3) is 0 Å². The van der Waals surface area contributed by atoms with Gasteiger partial charge in [0, 0.05) is 6.54 Å². The van der Waals surface area contributed by atoms with Crippen LogP contribution in [0.15, 0.2) is 0 Å². The first-order valence-electron chi connectivity index (χ1n) is 5.56. The van der Waals surface area contributed by atoms with E-state index >= 15 is 0 Å². The molecule has 1 saturated heterocycles. The number of hydrogen-bond donors (Lipinski definition) is 1. The van der Waals surface area contributed by atoms with Crippen molar-refractivity contribution in [1.82, 2.24) is 4.90 Å². The summed E-state index contributed by atoms with van der Waals surface area (Å²) in [6, 6.07) is -0.325. The van der Waals surface area contributed by atoms with E-state index in [0.717, 1.165) is 25.8 Å². The number of nitrogens with two attached hydrogens (primary N) is 1. The fourth-order valence-electron chi connectivity index (χ4n) is 1.65. The van der Waals surface area contributed by atoms with Crippen LogP contribution in [-0.4, -0.2) is 23.4 Å². The van der Waals surface area contributed by atoms with Crippen LogP contribution >= 0.6 is 0 Å². The summed E-state index contributed by atoms with van der Waals surface area (Å²) in [5.74, 6) is 0.372. The largest absolute Gasteiger partial charge is 0.336 e. The van der Waals surface area contributed by atoms with Crippen molar-refractivity contribution in [3.63, 3.8) is 0 Å². The highest BCUT2D eigenvalue weighted by Crippen LogP contribution is 2.16. The second kappa shape index (κ2) is 5.35. The SMILES string of the molecule is CC[C@@H](C)[C@@H](N)C(=O)N1[CH]CCCC1. The van der Waals surface area contributed by atoms with Gasteiger partial charge in [-0.3, -0.25) is 4.79 Å². The number of piperidine rings is 1. The quantitative estimate of drug-likeness (QED) is 0.746. The molecule has 3 heteroatoms. The van der Waals surface area contributed by atoms with E-state index in [0.29, 0.717) is 0 Å². The molecule has 81 valence electrons. The lowest BCUT2D eigenvalue weighted by Gasteiger charge is -2.30. The fraction of sp³-hybridized carbons (Fsp3) is 0.818. The lowest BCUT2D eigenvalue weighted by atomic mass is 9.98. The molecular weight excluding hydrogens is 176 g/mol. The maximum absolute atomic E-state index is 11.9. The Morgan fingerprint density at radius 1 is 1.57 bits per heavy atom. The molecule has 0 spiro atoms. The molecule has 1 heterocycles. The summed E-state index contributed by atoms with van der Waals surface area (Å²) >= 11 is 0. The monoisotopic (exact) mass is 197 g/mol. The molecule has 3 nitrogen and oxygen atoms in total. The van der Waals surface area contributed by atoms with Crippen LogP contribution in [0.5, 0.6) is 0 Å². The number of hydrogen-bond acceptors (Lipinski definition) is 2. The van der Waals surface area contributed by atoms with Gasteiger partial charge in [-0.15, -0.1) is 0 Å². The summed E-state index contributed by atoms with van der Waals surface area (Å²) in [6.07, 6.45) is 4.28. The highest BCUT2D eigenvalue weighted by atomic mass is 16.2. The van der Waals surface area contributed by atoms with E-state index in [1.165, 1.54) is 6.42 Å². The molecule has 0 aromatic rings. The van der Waals surface area contributed by atoms with Gasteiger partial charge in [0.05, 0.1) is 12.6 Å². The number of carbonyl (C=O) groups is 1. The van der Waals surface area contributed by atoms with Crippen LogP contribution in [-0.2, 0) is 4.79 Å². The molecule has 1 amide bonds. The highest BCUT2D eigenvalue weighted by Gasteiger charge is 2.25. The lowest BCUT2D eigenvalue weighted by molar-refractivity contribution is -0.132. The molecule has 14 heavy (non-hydrogen) atoms. The summed E-state index contributed by atoms with van der Waals surface area (Å²) in [6.45, 7) is 6.95. The zero-order valence-electron chi connectivity index (χ0n) is 9.20. The van der Waals surface area contributed by atoms with E-state index in [1.54, 1.807) is 4.90 Å². The Balaban J connectivity index is 2.46. The van der Waals surface area contributed by atoms with Crippen molar-refractivity contribution >= 4 is 5.91 Å². The molecule has 1 fully saturated rings. The van der Waals surface area contributed by atoms with Crippen LogP contribution in [0, 0.1) is 12.5 Å². The summed E-state index contributed by atoms with van der Waals surface area (Å²) in [4.78, 5) is 13.7. The molecule has 0 aliphatic carbocycles. The van der Waals surface area contributed by atoms with Gasteiger partial charge in [0.15, 0.2) is 0 Å². The molecule has 2 atom stereocenters. The van der Waals surface area contributed by atoms with Crippen molar-refractivity contribution in [3.8, 4) is 0 Å². The van der Waals surface area contributed by atoms with E-state index in [-0.39, 0.29) is 17.9 Å². The lowest BCUT2D eigenvalue weighted by Crippen LogP contribution is -2.47. The van der Waals surface area contributed by atoms with Gasteiger partial charge < -0.3 is 10.6 Å². The molecule has 2 N–H and O–H groups in total. The third-order valence-electron chi connectivity index (χ3n) is 3.03. The standard InChI is InChI=1S/C11H21N2O/c1-3-9(2)10(12)11(14)13-7-5-4-6-8-13/h7,9-10H,3-6,8,12H2,1-2H3/t9-,10-/m1/s1. The van der Waals surface area contributed by atoms with Crippen molar-refractivity contribution in [2.45, 2.75) is 45.6 Å². The Kier molecular flexibility index (Phi) is 4.39. The molecule has 1 aliphatic heterocycles. The predicted octanol–water partition coefficient (Wildman–Crippen LogP) is 1.53. The van der Waals surface area contributed by atoms with Gasteiger partial charge in [0.1, 0.15) is 0 Å². The molecule has 0 aromatic heterocycles. The smallest absolute Gasteiger partial charge is 0.240 e. The molecule has 0 saturated carbocycles. The minimum Gasteiger partial charge on any atom is -0.336 e. The van der Waals surface area contributed by atoms with Gasteiger partial charge in [-0.2, -0.15) is 0 Å². The van der Waals surface area contributed by atoms with Gasteiger partial charge in [-0.25, -0.2) is 0 Å². The average Bonchev–Trinajstić information content (AvgIpc) is 2.27. The van der Waals surface area contributed by atoms with Crippen LogP contribution in [0.25, 0.3) is 0 Å². The molecule has 0 bridgehead atoms. The van der Waals surface area contributed by atoms with Crippen molar-refractivity contribution in [2.75, 3.05) is 6.54 Å². The van der Waals surface area contributed by atoms with Gasteiger partial charge in [0.2, 0.25) is 5.91 Å². The number of amides is 1. The fourth-order valence-corrected chi connectivity index (χ4v) is 1.65. The molecular formula is C11H21N2O. The molecule has 0 aromatic carbocycles. The maximum Gasteiger partial charge on any atom is 0.240 e. The molecule has 1 rings (SSSR count). The van der Waals surface area contributed by atoms with Crippen LogP contribution in [0.3, 0.4) is 0 Å². The highest BCUT2D eigenvalue weighted by molar-refractivity contribution is 5.82. The van der Waals surface area contributed by atoms with E-state index in [4.69, 9.17) is 5.73 Å². The number of rotatable bonds is 3. The zero-order valence-corrected chi connectivity index (χ0v) is 9.20. The van der Waals surface area contributed by atoms with Gasteiger partial charge in [-0.05, 0) is 25.2 Å². The zero-order chi connectivity index (χ0) is 10.6. The topological polar surface area (TPSA) is 46.3 Å². The summed E-state index contributed by atoms with van der Waals surface area (Å²) in [5, 5.41) is 0. The number of carbonyl (C=O) groups excluding carboxylic acids is 1. The summed E-state index contributed by atoms with van der Waals surface area (Å²) in [5.41, 5.74) is 5.89. The Labute approximate surface area is 86.6 Å². The maximum atomic E-state index is 11.9. The van der Waals surface area contributed by atoms with Crippen molar-refractivity contribution < 1.29 is 4.79 Å². The minimum absolute atomic E-state index is 0.0963. The second-order valence-corrected chi connectivity index (χ2v) is 4.12.